The van der Waals surface area contributed by atoms with E-state index >= 15 is 0 Å². The van der Waals surface area contributed by atoms with Gasteiger partial charge in [0.1, 0.15) is 5.75 Å². The second-order valence-corrected chi connectivity index (χ2v) is 5.14. The highest BCUT2D eigenvalue weighted by atomic mass is 16.5. The molecular weight excluding hydrogens is 272 g/mol. The number of benzene rings is 1. The minimum absolute atomic E-state index is 0.558. The first-order chi connectivity index (χ1) is 10.8. The second-order valence-electron chi connectivity index (χ2n) is 5.14. The number of aromatic nitrogens is 2. The van der Waals surface area contributed by atoms with E-state index in [4.69, 9.17) is 4.74 Å². The van der Waals surface area contributed by atoms with Crippen LogP contribution in [-0.4, -0.2) is 16.6 Å². The molecule has 0 saturated carbocycles. The zero-order valence-electron chi connectivity index (χ0n) is 13.3. The average Bonchev–Trinajstić information content (AvgIpc) is 2.56. The Morgan fingerprint density at radius 2 is 1.68 bits per heavy atom. The molecule has 0 fully saturated rings. The largest absolute Gasteiger partial charge is 0.494 e. The SMILES string of the molecule is CCCCOc1ccc(C#Cc2ncc(CCC)cn2)cc1. The fourth-order valence-electron chi connectivity index (χ4n) is 1.93. The lowest BCUT2D eigenvalue weighted by Crippen LogP contribution is -1.96. The van der Waals surface area contributed by atoms with Crippen LogP contribution in [0.2, 0.25) is 0 Å². The topological polar surface area (TPSA) is 35.0 Å². The van der Waals surface area contributed by atoms with Gasteiger partial charge in [0.25, 0.3) is 0 Å². The van der Waals surface area contributed by atoms with Crippen molar-refractivity contribution in [3.05, 3.63) is 53.6 Å². The van der Waals surface area contributed by atoms with E-state index in [9.17, 15) is 0 Å². The van der Waals surface area contributed by atoms with Gasteiger partial charge in [0.15, 0.2) is 0 Å². The molecule has 3 heteroatoms. The van der Waals surface area contributed by atoms with Crippen LogP contribution in [0, 0.1) is 11.8 Å². The molecule has 0 radical (unpaired) electrons. The van der Waals surface area contributed by atoms with Crippen LogP contribution >= 0.6 is 0 Å². The van der Waals surface area contributed by atoms with E-state index in [1.54, 1.807) is 0 Å². The van der Waals surface area contributed by atoms with Gasteiger partial charge in [-0.15, -0.1) is 0 Å². The van der Waals surface area contributed by atoms with Crippen LogP contribution in [0.5, 0.6) is 5.75 Å². The molecule has 0 spiro atoms. The number of hydrogen-bond donors (Lipinski definition) is 0. The summed E-state index contributed by atoms with van der Waals surface area (Å²) in [7, 11) is 0. The molecule has 0 unspecified atom stereocenters. The number of ether oxygens (including phenoxy) is 1. The van der Waals surface area contributed by atoms with Gasteiger partial charge in [-0.25, -0.2) is 9.97 Å². The molecule has 2 rings (SSSR count). The number of nitrogens with zero attached hydrogens (tertiary/aromatic N) is 2. The highest BCUT2D eigenvalue weighted by Gasteiger charge is 1.95. The summed E-state index contributed by atoms with van der Waals surface area (Å²) in [6, 6.07) is 7.81. The zero-order valence-corrected chi connectivity index (χ0v) is 13.3. The Morgan fingerprint density at radius 1 is 0.955 bits per heavy atom. The van der Waals surface area contributed by atoms with Crippen LogP contribution in [0.1, 0.15) is 50.1 Å². The maximum absolute atomic E-state index is 5.63. The maximum Gasteiger partial charge on any atom is 0.205 e. The van der Waals surface area contributed by atoms with Crippen LogP contribution in [0.3, 0.4) is 0 Å². The molecule has 0 aliphatic carbocycles. The van der Waals surface area contributed by atoms with Gasteiger partial charge in [0.2, 0.25) is 5.82 Å². The van der Waals surface area contributed by atoms with Gasteiger partial charge in [0, 0.05) is 18.0 Å². The fraction of sp³-hybridized carbons (Fsp3) is 0.368. The molecule has 0 saturated heterocycles. The quantitative estimate of drug-likeness (QED) is 0.596. The molecule has 0 bridgehead atoms. The van der Waals surface area contributed by atoms with Crippen LogP contribution in [0.15, 0.2) is 36.7 Å². The van der Waals surface area contributed by atoms with E-state index in [1.807, 2.05) is 36.7 Å². The van der Waals surface area contributed by atoms with Gasteiger partial charge in [-0.2, -0.15) is 0 Å². The van der Waals surface area contributed by atoms with E-state index in [2.05, 4.69) is 35.7 Å². The molecule has 0 atom stereocenters. The van der Waals surface area contributed by atoms with Crippen molar-refractivity contribution in [2.75, 3.05) is 6.61 Å². The Balaban J connectivity index is 1.96. The molecule has 2 aromatic rings. The third-order valence-electron chi connectivity index (χ3n) is 3.18. The van der Waals surface area contributed by atoms with Crippen LogP contribution in [0.4, 0.5) is 0 Å². The normalized spacial score (nSPS) is 9.91. The Kier molecular flexibility index (Phi) is 6.44. The number of aryl methyl sites for hydroxylation is 1. The van der Waals surface area contributed by atoms with Crippen molar-refractivity contribution in [1.29, 1.82) is 0 Å². The summed E-state index contributed by atoms with van der Waals surface area (Å²) in [6.45, 7) is 5.06. The van der Waals surface area contributed by atoms with Gasteiger partial charge in [-0.1, -0.05) is 32.6 Å². The van der Waals surface area contributed by atoms with E-state index < -0.39 is 0 Å². The molecule has 0 aliphatic heterocycles. The molecule has 1 heterocycles. The number of hydrogen-bond acceptors (Lipinski definition) is 3. The summed E-state index contributed by atoms with van der Waals surface area (Å²) in [6.07, 6.45) is 8.03. The molecule has 114 valence electrons. The highest BCUT2D eigenvalue weighted by molar-refractivity contribution is 5.40. The summed E-state index contributed by atoms with van der Waals surface area (Å²) < 4.78 is 5.63. The Labute approximate surface area is 132 Å². The second kappa shape index (κ2) is 8.84. The monoisotopic (exact) mass is 294 g/mol. The predicted octanol–water partition coefficient (Wildman–Crippen LogP) is 4.01. The van der Waals surface area contributed by atoms with Crippen molar-refractivity contribution in [3.63, 3.8) is 0 Å². The van der Waals surface area contributed by atoms with Gasteiger partial charge >= 0.3 is 0 Å². The summed E-state index contributed by atoms with van der Waals surface area (Å²) in [5, 5.41) is 0. The van der Waals surface area contributed by atoms with E-state index in [0.29, 0.717) is 5.82 Å². The summed E-state index contributed by atoms with van der Waals surface area (Å²) >= 11 is 0. The lowest BCUT2D eigenvalue weighted by Gasteiger charge is -2.04. The van der Waals surface area contributed by atoms with Crippen molar-refractivity contribution >= 4 is 0 Å². The Morgan fingerprint density at radius 3 is 2.32 bits per heavy atom. The van der Waals surface area contributed by atoms with E-state index in [-0.39, 0.29) is 0 Å². The van der Waals surface area contributed by atoms with E-state index in [1.165, 1.54) is 0 Å². The first-order valence-electron chi connectivity index (χ1n) is 7.87. The van der Waals surface area contributed by atoms with Crippen molar-refractivity contribution < 1.29 is 4.74 Å². The lowest BCUT2D eigenvalue weighted by molar-refractivity contribution is 0.309. The van der Waals surface area contributed by atoms with Crippen molar-refractivity contribution in [1.82, 2.24) is 9.97 Å². The van der Waals surface area contributed by atoms with Gasteiger partial charge in [0.05, 0.1) is 6.61 Å². The summed E-state index contributed by atoms with van der Waals surface area (Å²) in [5.41, 5.74) is 2.09. The van der Waals surface area contributed by atoms with E-state index in [0.717, 1.165) is 49.2 Å². The summed E-state index contributed by atoms with van der Waals surface area (Å²) in [5.74, 6) is 7.51. The van der Waals surface area contributed by atoms with Crippen molar-refractivity contribution in [2.45, 2.75) is 39.5 Å². The third kappa shape index (κ3) is 5.21. The van der Waals surface area contributed by atoms with Crippen LogP contribution in [0.25, 0.3) is 0 Å². The molecule has 3 nitrogen and oxygen atoms in total. The van der Waals surface area contributed by atoms with Crippen molar-refractivity contribution in [3.8, 4) is 17.6 Å². The van der Waals surface area contributed by atoms with Gasteiger partial charge in [-0.05, 0) is 48.6 Å². The van der Waals surface area contributed by atoms with Gasteiger partial charge < -0.3 is 4.74 Å². The average molecular weight is 294 g/mol. The Bertz CT molecular complexity index is 621. The molecule has 0 aliphatic rings. The first kappa shape index (κ1) is 16.0. The predicted molar refractivity (Wildman–Crippen MR) is 88.9 cm³/mol. The molecule has 22 heavy (non-hydrogen) atoms. The number of rotatable bonds is 6. The smallest absolute Gasteiger partial charge is 0.205 e. The zero-order chi connectivity index (χ0) is 15.6. The Hall–Kier alpha value is -2.34. The van der Waals surface area contributed by atoms with Crippen molar-refractivity contribution in [2.24, 2.45) is 0 Å². The molecule has 1 aromatic carbocycles. The molecule has 0 amide bonds. The van der Waals surface area contributed by atoms with Gasteiger partial charge in [-0.3, -0.25) is 0 Å². The first-order valence-corrected chi connectivity index (χ1v) is 7.87. The number of unbranched alkanes of at least 4 members (excludes halogenated alkanes) is 1. The molecule has 1 aromatic heterocycles. The lowest BCUT2D eigenvalue weighted by atomic mass is 10.2. The molecular formula is C19H22N2O. The minimum atomic E-state index is 0.558. The maximum atomic E-state index is 5.63. The molecule has 0 N–H and O–H groups in total. The fourth-order valence-corrected chi connectivity index (χ4v) is 1.93. The standard InChI is InChI=1S/C19H22N2O/c1-3-5-13-22-18-10-7-16(8-11-18)9-12-19-20-14-17(6-4-2)15-21-19/h7-8,10-11,14-15H,3-6,13H2,1-2H3. The van der Waals surface area contributed by atoms with Crippen LogP contribution < -0.4 is 4.74 Å². The highest BCUT2D eigenvalue weighted by Crippen LogP contribution is 2.12. The third-order valence-corrected chi connectivity index (χ3v) is 3.18. The van der Waals surface area contributed by atoms with Crippen LogP contribution in [-0.2, 0) is 6.42 Å². The minimum Gasteiger partial charge on any atom is -0.494 e. The summed E-state index contributed by atoms with van der Waals surface area (Å²) in [4.78, 5) is 8.54.